The fourth-order valence-electron chi connectivity index (χ4n) is 1.77. The number of benzene rings is 1. The molecule has 3 nitrogen and oxygen atoms in total. The van der Waals surface area contributed by atoms with Crippen LogP contribution in [0.5, 0.6) is 10.9 Å². The quantitative estimate of drug-likeness (QED) is 0.446. The normalized spacial score (nSPS) is 11.0. The molecule has 0 saturated heterocycles. The highest BCUT2D eigenvalue weighted by molar-refractivity contribution is 7.13. The summed E-state index contributed by atoms with van der Waals surface area (Å²) in [5.41, 5.74) is -0.550. The van der Waals surface area contributed by atoms with Crippen molar-refractivity contribution < 1.29 is 22.6 Å². The lowest BCUT2D eigenvalue weighted by atomic mass is 10.1. The zero-order valence-corrected chi connectivity index (χ0v) is 15.3. The lowest BCUT2D eigenvalue weighted by Crippen LogP contribution is -2.00. The number of halogens is 3. The van der Waals surface area contributed by atoms with E-state index in [4.69, 9.17) is 9.47 Å². The molecule has 0 amide bonds. The number of hydrogen-bond donors (Lipinski definition) is 0. The summed E-state index contributed by atoms with van der Waals surface area (Å²) in [6.07, 6.45) is -0.161. The van der Waals surface area contributed by atoms with Gasteiger partial charge in [-0.1, -0.05) is 37.8 Å². The lowest BCUT2D eigenvalue weighted by Gasteiger charge is -2.13. The summed E-state index contributed by atoms with van der Waals surface area (Å²) in [6.45, 7) is 9.09. The first kappa shape index (κ1) is 20.8. The van der Waals surface area contributed by atoms with E-state index < -0.39 is 17.8 Å². The average Bonchev–Trinajstić information content (AvgIpc) is 3.00. The Morgan fingerprint density at radius 2 is 2.00 bits per heavy atom. The number of aromatic nitrogens is 1. The van der Waals surface area contributed by atoms with Crippen LogP contribution in [-0.4, -0.2) is 18.5 Å². The summed E-state index contributed by atoms with van der Waals surface area (Å²) < 4.78 is 50.1. The lowest BCUT2D eigenvalue weighted by molar-refractivity contribution is 0.194. The number of hydrogen-bond acceptors (Lipinski definition) is 4. The molecule has 25 heavy (non-hydrogen) atoms. The molecule has 0 radical (unpaired) electrons. The molecule has 0 spiro atoms. The Kier molecular flexibility index (Phi) is 8.21. The van der Waals surface area contributed by atoms with E-state index in [9.17, 15) is 13.2 Å². The number of rotatable bonds is 6. The van der Waals surface area contributed by atoms with Crippen LogP contribution in [0.3, 0.4) is 0 Å². The summed E-state index contributed by atoms with van der Waals surface area (Å²) in [6, 6.07) is 4.14. The first-order chi connectivity index (χ1) is 11.9. The van der Waals surface area contributed by atoms with E-state index in [-0.39, 0.29) is 17.1 Å². The van der Waals surface area contributed by atoms with Crippen molar-refractivity contribution in [1.29, 1.82) is 0 Å². The van der Waals surface area contributed by atoms with E-state index in [2.05, 4.69) is 11.6 Å². The van der Waals surface area contributed by atoms with E-state index in [0.717, 1.165) is 11.0 Å². The second kappa shape index (κ2) is 9.88. The molecular weight excluding hydrogens is 351 g/mol. The monoisotopic (exact) mass is 371 g/mol. The number of thiazole rings is 1. The summed E-state index contributed by atoms with van der Waals surface area (Å²) in [4.78, 5) is 4.95. The zero-order chi connectivity index (χ0) is 19.0. The predicted molar refractivity (Wildman–Crippen MR) is 94.8 cm³/mol. The smallest absolute Gasteiger partial charge is 0.278 e. The molecule has 0 unspecified atom stereocenters. The summed E-state index contributed by atoms with van der Waals surface area (Å²) >= 11 is 1.28. The molecule has 0 bridgehead atoms. The minimum absolute atomic E-state index is 0.0651. The van der Waals surface area contributed by atoms with Gasteiger partial charge in [0.25, 0.3) is 11.6 Å². The minimum atomic E-state index is -2.77. The second-order valence-electron chi connectivity index (χ2n) is 4.54. The van der Waals surface area contributed by atoms with E-state index >= 15 is 0 Å². The van der Waals surface area contributed by atoms with Gasteiger partial charge in [0.05, 0.1) is 12.7 Å². The van der Waals surface area contributed by atoms with Crippen molar-refractivity contribution >= 4 is 17.1 Å². The summed E-state index contributed by atoms with van der Waals surface area (Å²) in [7, 11) is 1.26. The van der Waals surface area contributed by atoms with E-state index in [0.29, 0.717) is 5.19 Å². The highest BCUT2D eigenvalue weighted by Crippen LogP contribution is 2.35. The van der Waals surface area contributed by atoms with Crippen LogP contribution in [0.1, 0.15) is 24.3 Å². The molecule has 136 valence electrons. The van der Waals surface area contributed by atoms with Crippen molar-refractivity contribution in [2.75, 3.05) is 7.11 Å². The molecule has 0 saturated carbocycles. The van der Waals surface area contributed by atoms with Crippen molar-refractivity contribution in [3.63, 3.8) is 0 Å². The second-order valence-corrected chi connectivity index (χ2v) is 5.74. The first-order valence-corrected chi connectivity index (χ1v) is 8.35. The van der Waals surface area contributed by atoms with Crippen LogP contribution in [0.15, 0.2) is 42.6 Å². The Bertz CT molecular complexity index is 742. The molecule has 1 aromatic carbocycles. The number of alkyl halides is 2. The molecular formula is C18H20F3NO2S. The van der Waals surface area contributed by atoms with Gasteiger partial charge in [0.2, 0.25) is 0 Å². The highest BCUT2D eigenvalue weighted by Gasteiger charge is 2.18. The Hall–Kier alpha value is -2.28. The zero-order valence-electron chi connectivity index (χ0n) is 14.5. The maximum Gasteiger partial charge on any atom is 0.278 e. The van der Waals surface area contributed by atoms with Crippen LogP contribution >= 0.6 is 11.3 Å². The number of nitrogens with zero attached hydrogens (tertiary/aromatic N) is 1. The van der Waals surface area contributed by atoms with E-state index in [1.54, 1.807) is 6.20 Å². The molecule has 0 aliphatic heterocycles. The van der Waals surface area contributed by atoms with Crippen LogP contribution < -0.4 is 4.74 Å². The molecule has 0 atom stereocenters. The van der Waals surface area contributed by atoms with Gasteiger partial charge in [-0.15, -0.1) is 0 Å². The Labute approximate surface area is 149 Å². The summed E-state index contributed by atoms with van der Waals surface area (Å²) in [5, 5.41) is 0.317. The fourth-order valence-corrected chi connectivity index (χ4v) is 2.39. The first-order valence-electron chi connectivity index (χ1n) is 7.54. The minimum Gasteiger partial charge on any atom is -0.496 e. The van der Waals surface area contributed by atoms with Gasteiger partial charge in [0.1, 0.15) is 17.3 Å². The predicted octanol–water partition coefficient (Wildman–Crippen LogP) is 6.22. The highest BCUT2D eigenvalue weighted by atomic mass is 32.1. The average molecular weight is 371 g/mol. The topological polar surface area (TPSA) is 31.4 Å². The third-order valence-corrected chi connectivity index (χ3v) is 3.63. The molecule has 0 fully saturated rings. The standard InChI is InChI=1S/C16H14F3NO2S.C2H6/c1-9(15(18)19)7-13(21-3)14-11(17)5-4-6-12(14)22-16-20-8-10(2)23-16;1-2/h4-8,15H,1H2,2-3H3;1-2H3/b13-7-;. The molecule has 2 rings (SSSR count). The van der Waals surface area contributed by atoms with Gasteiger partial charge in [0.15, 0.2) is 0 Å². The van der Waals surface area contributed by atoms with Gasteiger partial charge < -0.3 is 9.47 Å². The Morgan fingerprint density at radius 3 is 2.52 bits per heavy atom. The fraction of sp³-hybridized carbons (Fsp3) is 0.278. The van der Waals surface area contributed by atoms with Crippen LogP contribution in [0, 0.1) is 12.7 Å². The molecule has 7 heteroatoms. The van der Waals surface area contributed by atoms with Gasteiger partial charge in [-0.2, -0.15) is 0 Å². The molecule has 2 aromatic rings. The van der Waals surface area contributed by atoms with Crippen LogP contribution in [0.2, 0.25) is 0 Å². The van der Waals surface area contributed by atoms with E-state index in [1.165, 1.54) is 36.6 Å². The van der Waals surface area contributed by atoms with Gasteiger partial charge in [-0.05, 0) is 25.1 Å². The maximum absolute atomic E-state index is 14.2. The number of ether oxygens (including phenoxy) is 2. The summed E-state index contributed by atoms with van der Waals surface area (Å²) in [5.74, 6) is -0.642. The molecule has 0 aliphatic carbocycles. The van der Waals surface area contributed by atoms with Crippen molar-refractivity contribution in [3.8, 4) is 10.9 Å². The van der Waals surface area contributed by atoms with Crippen LogP contribution in [0.25, 0.3) is 5.76 Å². The van der Waals surface area contributed by atoms with Crippen LogP contribution in [0.4, 0.5) is 13.2 Å². The third-order valence-electron chi connectivity index (χ3n) is 2.84. The third kappa shape index (κ3) is 5.63. The maximum atomic E-state index is 14.2. The van der Waals surface area contributed by atoms with Crippen molar-refractivity contribution in [1.82, 2.24) is 4.98 Å². The molecule has 0 aliphatic rings. The molecule has 1 aromatic heterocycles. The number of methoxy groups -OCH3 is 1. The SMILES string of the molecule is C=C(/C=C(\OC)c1c(F)cccc1Oc1ncc(C)s1)C(F)F.CC. The van der Waals surface area contributed by atoms with E-state index in [1.807, 2.05) is 20.8 Å². The van der Waals surface area contributed by atoms with Crippen molar-refractivity contribution in [3.05, 3.63) is 58.9 Å². The molecule has 0 N–H and O–H groups in total. The van der Waals surface area contributed by atoms with Gasteiger partial charge in [-0.25, -0.2) is 18.2 Å². The Morgan fingerprint density at radius 1 is 1.32 bits per heavy atom. The van der Waals surface area contributed by atoms with Crippen LogP contribution in [-0.2, 0) is 4.74 Å². The van der Waals surface area contributed by atoms with Crippen molar-refractivity contribution in [2.24, 2.45) is 0 Å². The van der Waals surface area contributed by atoms with Crippen molar-refractivity contribution in [2.45, 2.75) is 27.2 Å². The Balaban J connectivity index is 0.00000151. The van der Waals surface area contributed by atoms with Gasteiger partial charge in [-0.3, -0.25) is 0 Å². The van der Waals surface area contributed by atoms with Gasteiger partial charge >= 0.3 is 0 Å². The number of aryl methyl sites for hydroxylation is 1. The largest absolute Gasteiger partial charge is 0.496 e. The van der Waals surface area contributed by atoms with Gasteiger partial charge in [0, 0.05) is 16.6 Å². The number of allylic oxidation sites excluding steroid dienone is 2. The molecule has 1 heterocycles.